The first-order valence-corrected chi connectivity index (χ1v) is 7.20. The number of ether oxygens (including phenoxy) is 1. The Balaban J connectivity index is 2.42. The van der Waals surface area contributed by atoms with E-state index in [1.165, 1.54) is 0 Å². The van der Waals surface area contributed by atoms with Crippen LogP contribution in [0.1, 0.15) is 26.2 Å². The molecule has 0 spiro atoms. The van der Waals surface area contributed by atoms with E-state index in [4.69, 9.17) is 4.74 Å². The average Bonchev–Trinajstić information content (AvgIpc) is 2.51. The Labute approximate surface area is 122 Å². The number of rotatable bonds is 9. The highest BCUT2D eigenvalue weighted by Gasteiger charge is 2.19. The van der Waals surface area contributed by atoms with Crippen molar-refractivity contribution in [2.45, 2.75) is 31.7 Å². The molecule has 1 aromatic carbocycles. The lowest BCUT2D eigenvalue weighted by Crippen LogP contribution is -2.43. The second kappa shape index (κ2) is 8.12. The van der Waals surface area contributed by atoms with Crippen molar-refractivity contribution < 1.29 is 9.84 Å². The first-order valence-electron chi connectivity index (χ1n) is 7.20. The van der Waals surface area contributed by atoms with Gasteiger partial charge in [-0.2, -0.15) is 0 Å². The van der Waals surface area contributed by atoms with Gasteiger partial charge in [-0.25, -0.2) is 0 Å². The van der Waals surface area contributed by atoms with Gasteiger partial charge in [-0.15, -0.1) is 0 Å². The molecule has 114 valence electrons. The van der Waals surface area contributed by atoms with Crippen molar-refractivity contribution in [3.63, 3.8) is 0 Å². The number of nitrogens with one attached hydrogen (secondary N) is 1. The number of likely N-dealkylation sites (N-methyl/N-ethyl adjacent to an activating group) is 1. The van der Waals surface area contributed by atoms with Gasteiger partial charge in [0.05, 0.1) is 19.4 Å². The third-order valence-corrected chi connectivity index (χ3v) is 3.92. The third-order valence-electron chi connectivity index (χ3n) is 3.92. The predicted octanol–water partition coefficient (Wildman–Crippen LogP) is 2.27. The highest BCUT2D eigenvalue weighted by atomic mass is 16.5. The lowest BCUT2D eigenvalue weighted by molar-refractivity contribution is 0.171. The van der Waals surface area contributed by atoms with Crippen LogP contribution in [-0.2, 0) is 0 Å². The molecule has 0 saturated heterocycles. The molecule has 1 aromatic rings. The van der Waals surface area contributed by atoms with Crippen molar-refractivity contribution in [2.75, 3.05) is 39.3 Å². The van der Waals surface area contributed by atoms with Gasteiger partial charge < -0.3 is 20.1 Å². The van der Waals surface area contributed by atoms with E-state index in [9.17, 15) is 5.11 Å². The van der Waals surface area contributed by atoms with Crippen LogP contribution in [0.4, 0.5) is 5.69 Å². The average molecular weight is 280 g/mol. The Morgan fingerprint density at radius 1 is 1.30 bits per heavy atom. The summed E-state index contributed by atoms with van der Waals surface area (Å²) < 4.78 is 5.38. The molecular formula is C16H28N2O2. The molecule has 1 unspecified atom stereocenters. The van der Waals surface area contributed by atoms with Gasteiger partial charge in [-0.1, -0.05) is 12.1 Å². The molecule has 1 atom stereocenters. The normalized spacial score (nSPS) is 13.8. The summed E-state index contributed by atoms with van der Waals surface area (Å²) in [4.78, 5) is 2.22. The Morgan fingerprint density at radius 3 is 2.60 bits per heavy atom. The van der Waals surface area contributed by atoms with Gasteiger partial charge in [0.15, 0.2) is 0 Å². The topological polar surface area (TPSA) is 44.7 Å². The molecule has 0 aliphatic carbocycles. The maximum Gasteiger partial charge on any atom is 0.142 e. The van der Waals surface area contributed by atoms with Crippen LogP contribution in [0, 0.1) is 0 Å². The molecule has 2 N–H and O–H groups in total. The van der Waals surface area contributed by atoms with E-state index in [0.717, 1.165) is 37.2 Å². The van der Waals surface area contributed by atoms with E-state index < -0.39 is 0 Å². The van der Waals surface area contributed by atoms with Gasteiger partial charge in [0, 0.05) is 19.1 Å². The fourth-order valence-electron chi connectivity index (χ4n) is 2.21. The second-order valence-electron chi connectivity index (χ2n) is 5.52. The minimum Gasteiger partial charge on any atom is -0.495 e. The third kappa shape index (κ3) is 4.69. The van der Waals surface area contributed by atoms with E-state index in [1.807, 2.05) is 25.2 Å². The molecule has 0 aliphatic rings. The Kier molecular flexibility index (Phi) is 6.82. The summed E-state index contributed by atoms with van der Waals surface area (Å²) in [5.74, 6) is 0.908. The minimum absolute atomic E-state index is 0.164. The fraction of sp³-hybridized carbons (Fsp3) is 0.625. The standard InChI is InChI=1S/C16H28N2O2/c1-16(13-19,17-2)11-7-8-12-18(3)14-9-5-6-10-15(14)20-4/h5-6,9-10,17,19H,7-8,11-13H2,1-4H3. The molecule has 0 fully saturated rings. The molecule has 0 bridgehead atoms. The molecule has 0 aromatic heterocycles. The number of aliphatic hydroxyl groups excluding tert-OH is 1. The largest absolute Gasteiger partial charge is 0.495 e. The zero-order valence-corrected chi connectivity index (χ0v) is 13.1. The maximum absolute atomic E-state index is 9.35. The molecule has 4 nitrogen and oxygen atoms in total. The number of aliphatic hydroxyl groups is 1. The zero-order valence-electron chi connectivity index (χ0n) is 13.1. The van der Waals surface area contributed by atoms with E-state index in [0.29, 0.717) is 0 Å². The van der Waals surface area contributed by atoms with Crippen molar-refractivity contribution in [1.82, 2.24) is 5.32 Å². The first-order chi connectivity index (χ1) is 9.56. The number of para-hydroxylation sites is 2. The molecule has 1 rings (SSSR count). The maximum atomic E-state index is 9.35. The van der Waals surface area contributed by atoms with Gasteiger partial charge in [-0.05, 0) is 45.4 Å². The lowest BCUT2D eigenvalue weighted by atomic mass is 9.96. The van der Waals surface area contributed by atoms with Crippen LogP contribution in [0.5, 0.6) is 5.75 Å². The Bertz CT molecular complexity index is 392. The van der Waals surface area contributed by atoms with Crippen LogP contribution in [0.15, 0.2) is 24.3 Å². The van der Waals surface area contributed by atoms with Gasteiger partial charge in [0.2, 0.25) is 0 Å². The van der Waals surface area contributed by atoms with E-state index >= 15 is 0 Å². The summed E-state index contributed by atoms with van der Waals surface area (Å²) in [5, 5.41) is 12.5. The van der Waals surface area contributed by atoms with Crippen molar-refractivity contribution in [2.24, 2.45) is 0 Å². The van der Waals surface area contributed by atoms with Gasteiger partial charge in [-0.3, -0.25) is 0 Å². The van der Waals surface area contributed by atoms with Crippen LogP contribution >= 0.6 is 0 Å². The highest BCUT2D eigenvalue weighted by Crippen LogP contribution is 2.26. The summed E-state index contributed by atoms with van der Waals surface area (Å²) in [5.41, 5.74) is 0.955. The van der Waals surface area contributed by atoms with Crippen molar-refractivity contribution in [1.29, 1.82) is 0 Å². The second-order valence-corrected chi connectivity index (χ2v) is 5.52. The van der Waals surface area contributed by atoms with Gasteiger partial charge in [0.25, 0.3) is 0 Å². The molecule has 0 heterocycles. The van der Waals surface area contributed by atoms with E-state index in [1.54, 1.807) is 7.11 Å². The lowest BCUT2D eigenvalue weighted by Gasteiger charge is -2.27. The summed E-state index contributed by atoms with van der Waals surface area (Å²) >= 11 is 0. The highest BCUT2D eigenvalue weighted by molar-refractivity contribution is 5.57. The molecule has 0 saturated carbocycles. The summed E-state index contributed by atoms with van der Waals surface area (Å²) in [6, 6.07) is 8.06. The number of hydrogen-bond acceptors (Lipinski definition) is 4. The minimum atomic E-state index is -0.164. The fourth-order valence-corrected chi connectivity index (χ4v) is 2.21. The first kappa shape index (κ1) is 16.8. The predicted molar refractivity (Wildman–Crippen MR) is 84.7 cm³/mol. The number of anilines is 1. The van der Waals surface area contributed by atoms with Crippen molar-refractivity contribution in [3.8, 4) is 5.75 Å². The van der Waals surface area contributed by atoms with Crippen molar-refractivity contribution in [3.05, 3.63) is 24.3 Å². The van der Waals surface area contributed by atoms with Gasteiger partial charge >= 0.3 is 0 Å². The summed E-state index contributed by atoms with van der Waals surface area (Å²) in [6.45, 7) is 3.20. The number of nitrogens with zero attached hydrogens (tertiary/aromatic N) is 1. The molecule has 0 amide bonds. The molecule has 0 aliphatic heterocycles. The smallest absolute Gasteiger partial charge is 0.142 e. The van der Waals surface area contributed by atoms with Gasteiger partial charge in [0.1, 0.15) is 5.75 Å². The summed E-state index contributed by atoms with van der Waals surface area (Å²) in [7, 11) is 5.69. The molecular weight excluding hydrogens is 252 g/mol. The monoisotopic (exact) mass is 280 g/mol. The Morgan fingerprint density at radius 2 is 2.00 bits per heavy atom. The number of benzene rings is 1. The van der Waals surface area contributed by atoms with Crippen LogP contribution in [0.2, 0.25) is 0 Å². The quantitative estimate of drug-likeness (QED) is 0.681. The van der Waals surface area contributed by atoms with Crippen molar-refractivity contribution >= 4 is 5.69 Å². The molecule has 20 heavy (non-hydrogen) atoms. The van der Waals surface area contributed by atoms with Crippen LogP contribution in [-0.4, -0.2) is 45.0 Å². The number of hydrogen-bond donors (Lipinski definition) is 2. The number of methoxy groups -OCH3 is 1. The van der Waals surface area contributed by atoms with Crippen LogP contribution in [0.25, 0.3) is 0 Å². The molecule has 4 heteroatoms. The Hall–Kier alpha value is -1.26. The zero-order chi connectivity index (χ0) is 15.0. The van der Waals surface area contributed by atoms with E-state index in [-0.39, 0.29) is 12.1 Å². The van der Waals surface area contributed by atoms with Crippen LogP contribution < -0.4 is 15.0 Å². The van der Waals surface area contributed by atoms with E-state index in [2.05, 4.69) is 30.3 Å². The number of unbranched alkanes of at least 4 members (excludes halogenated alkanes) is 1. The van der Waals surface area contributed by atoms with Crippen LogP contribution in [0.3, 0.4) is 0 Å². The SMILES string of the molecule is CNC(C)(CO)CCCCN(C)c1ccccc1OC. The molecule has 0 radical (unpaired) electrons. The summed E-state index contributed by atoms with van der Waals surface area (Å²) in [6.07, 6.45) is 3.14.